The maximum absolute atomic E-state index is 10.8. The molecule has 1 aromatic rings. The molecule has 1 rings (SSSR count). The lowest BCUT2D eigenvalue weighted by atomic mass is 10.4. The molecule has 2 N–H and O–H groups in total. The zero-order valence-corrected chi connectivity index (χ0v) is 6.22. The largest absolute Gasteiger partial charge is 0.465 e. The summed E-state index contributed by atoms with van der Waals surface area (Å²) in [6.07, 6.45) is -1.33. The van der Waals surface area contributed by atoms with Crippen LogP contribution in [0, 0.1) is 0 Å². The quantitative estimate of drug-likeness (QED) is 0.666. The van der Waals surface area contributed by atoms with Gasteiger partial charge in [0.2, 0.25) is 0 Å². The Hall–Kier alpha value is -1.36. The summed E-state index contributed by atoms with van der Waals surface area (Å²) >= 11 is 1.20. The Balaban J connectivity index is 2.64. The molecule has 0 atom stereocenters. The predicted octanol–water partition coefficient (Wildman–Crippen LogP) is 1.16. The van der Waals surface area contributed by atoms with Crippen LogP contribution < -0.4 is 5.32 Å². The lowest BCUT2D eigenvalue weighted by Gasteiger charge is -1.93. The lowest BCUT2D eigenvalue weighted by molar-refractivity contribution is 0.0952. The molecule has 1 aromatic heterocycles. The molecule has 0 bridgehead atoms. The summed E-state index contributed by atoms with van der Waals surface area (Å²) in [7, 11) is 0. The van der Waals surface area contributed by atoms with E-state index < -0.39 is 12.0 Å². The van der Waals surface area contributed by atoms with Crippen LogP contribution in [-0.2, 0) is 0 Å². The number of amides is 2. The smallest absolute Gasteiger partial charge is 0.411 e. The molecule has 2 amide bonds. The second-order valence-electron chi connectivity index (χ2n) is 1.74. The zero-order valence-electron chi connectivity index (χ0n) is 5.40. The van der Waals surface area contributed by atoms with Gasteiger partial charge < -0.3 is 5.11 Å². The second kappa shape index (κ2) is 3.16. The minimum atomic E-state index is -1.33. The molecule has 0 aliphatic rings. The molecule has 0 fully saturated rings. The van der Waals surface area contributed by atoms with Crippen LogP contribution in [0.25, 0.3) is 0 Å². The highest BCUT2D eigenvalue weighted by Gasteiger charge is 2.08. The van der Waals surface area contributed by atoms with Crippen LogP contribution in [-0.4, -0.2) is 17.1 Å². The highest BCUT2D eigenvalue weighted by Crippen LogP contribution is 2.07. The third-order valence-corrected chi connectivity index (χ3v) is 1.83. The van der Waals surface area contributed by atoms with Gasteiger partial charge in [-0.15, -0.1) is 11.3 Å². The van der Waals surface area contributed by atoms with Crippen molar-refractivity contribution in [2.24, 2.45) is 0 Å². The second-order valence-corrected chi connectivity index (χ2v) is 2.68. The van der Waals surface area contributed by atoms with Crippen LogP contribution in [0.1, 0.15) is 9.67 Å². The summed E-state index contributed by atoms with van der Waals surface area (Å²) in [5.41, 5.74) is 0. The topological polar surface area (TPSA) is 66.4 Å². The van der Waals surface area contributed by atoms with E-state index in [0.29, 0.717) is 4.88 Å². The van der Waals surface area contributed by atoms with Crippen molar-refractivity contribution in [1.82, 2.24) is 5.32 Å². The Morgan fingerprint density at radius 3 is 2.73 bits per heavy atom. The number of imide groups is 1. The summed E-state index contributed by atoms with van der Waals surface area (Å²) < 4.78 is 0. The maximum Gasteiger partial charge on any atom is 0.411 e. The van der Waals surface area contributed by atoms with Gasteiger partial charge in [0.1, 0.15) is 0 Å². The first-order valence-electron chi connectivity index (χ1n) is 2.78. The van der Waals surface area contributed by atoms with Crippen LogP contribution in [0.5, 0.6) is 0 Å². The maximum atomic E-state index is 10.8. The fourth-order valence-corrected chi connectivity index (χ4v) is 1.19. The Labute approximate surface area is 66.5 Å². The van der Waals surface area contributed by atoms with E-state index in [4.69, 9.17) is 5.11 Å². The summed E-state index contributed by atoms with van der Waals surface area (Å²) in [6.45, 7) is 0. The molecule has 0 saturated heterocycles. The molecule has 0 aliphatic carbocycles. The molecule has 0 saturated carbocycles. The third-order valence-electron chi connectivity index (χ3n) is 0.965. The van der Waals surface area contributed by atoms with Crippen LogP contribution in [0.15, 0.2) is 17.5 Å². The van der Waals surface area contributed by atoms with E-state index in [2.05, 4.69) is 0 Å². The Morgan fingerprint density at radius 2 is 2.27 bits per heavy atom. The zero-order chi connectivity index (χ0) is 8.27. The molecular weight excluding hydrogens is 166 g/mol. The number of nitrogens with one attached hydrogen (secondary N) is 1. The predicted molar refractivity (Wildman–Crippen MR) is 39.8 cm³/mol. The minimum Gasteiger partial charge on any atom is -0.465 e. The van der Waals surface area contributed by atoms with Gasteiger partial charge in [0.25, 0.3) is 5.91 Å². The lowest BCUT2D eigenvalue weighted by Crippen LogP contribution is -2.27. The number of thiophene rings is 1. The van der Waals surface area contributed by atoms with Crippen LogP contribution in [0.3, 0.4) is 0 Å². The molecule has 0 unspecified atom stereocenters. The van der Waals surface area contributed by atoms with Gasteiger partial charge >= 0.3 is 6.09 Å². The molecule has 11 heavy (non-hydrogen) atoms. The molecule has 0 aromatic carbocycles. The van der Waals surface area contributed by atoms with Crippen LogP contribution >= 0.6 is 11.3 Å². The Bertz CT molecular complexity index is 267. The van der Waals surface area contributed by atoms with Gasteiger partial charge in [-0.25, -0.2) is 4.79 Å². The van der Waals surface area contributed by atoms with Gasteiger partial charge in [-0.2, -0.15) is 0 Å². The van der Waals surface area contributed by atoms with E-state index in [-0.39, 0.29) is 0 Å². The number of hydrogen-bond acceptors (Lipinski definition) is 3. The van der Waals surface area contributed by atoms with E-state index in [1.165, 1.54) is 11.3 Å². The van der Waals surface area contributed by atoms with Crippen molar-refractivity contribution in [3.8, 4) is 0 Å². The molecular formula is C6H5NO3S. The summed E-state index contributed by atoms with van der Waals surface area (Å²) in [5.74, 6) is -0.576. The molecule has 0 spiro atoms. The molecule has 0 aliphatic heterocycles. The van der Waals surface area contributed by atoms with Gasteiger partial charge in [0.15, 0.2) is 0 Å². The fraction of sp³-hybridized carbons (Fsp3) is 0. The van der Waals surface area contributed by atoms with Crippen molar-refractivity contribution in [3.05, 3.63) is 22.4 Å². The first-order valence-corrected chi connectivity index (χ1v) is 3.66. The van der Waals surface area contributed by atoms with Gasteiger partial charge in [-0.3, -0.25) is 10.1 Å². The molecule has 5 heteroatoms. The van der Waals surface area contributed by atoms with Gasteiger partial charge in [0.05, 0.1) is 4.88 Å². The van der Waals surface area contributed by atoms with E-state index in [1.54, 1.807) is 22.8 Å². The van der Waals surface area contributed by atoms with Crippen molar-refractivity contribution in [1.29, 1.82) is 0 Å². The third kappa shape index (κ3) is 2.05. The van der Waals surface area contributed by atoms with Gasteiger partial charge in [0, 0.05) is 0 Å². The summed E-state index contributed by atoms with van der Waals surface area (Å²) in [4.78, 5) is 21.2. The summed E-state index contributed by atoms with van der Waals surface area (Å²) in [5, 5.41) is 11.6. The monoisotopic (exact) mass is 171 g/mol. The summed E-state index contributed by atoms with van der Waals surface area (Å²) in [6, 6.07) is 3.24. The number of hydrogen-bond donors (Lipinski definition) is 2. The van der Waals surface area contributed by atoms with Crippen molar-refractivity contribution >= 4 is 23.3 Å². The van der Waals surface area contributed by atoms with Gasteiger partial charge in [-0.05, 0) is 11.4 Å². The minimum absolute atomic E-state index is 0.396. The number of carbonyl (C=O) groups is 2. The van der Waals surface area contributed by atoms with Gasteiger partial charge in [-0.1, -0.05) is 6.07 Å². The van der Waals surface area contributed by atoms with E-state index in [9.17, 15) is 9.59 Å². The van der Waals surface area contributed by atoms with E-state index >= 15 is 0 Å². The normalized spacial score (nSPS) is 9.09. The van der Waals surface area contributed by atoms with Crippen molar-refractivity contribution in [2.45, 2.75) is 0 Å². The standard InChI is InChI=1S/C6H5NO3S/c8-5(7-6(9)10)4-2-1-3-11-4/h1-3H,(H,7,8)(H,9,10). The first-order chi connectivity index (χ1) is 5.20. The highest BCUT2D eigenvalue weighted by molar-refractivity contribution is 7.12. The van der Waals surface area contributed by atoms with E-state index in [1.807, 2.05) is 0 Å². The first kappa shape index (κ1) is 7.74. The SMILES string of the molecule is O=C(O)NC(=O)c1cccs1. The number of carbonyl (C=O) groups excluding carboxylic acids is 1. The molecule has 58 valence electrons. The average Bonchev–Trinajstić information content (AvgIpc) is 2.35. The average molecular weight is 171 g/mol. The Kier molecular flexibility index (Phi) is 2.22. The van der Waals surface area contributed by atoms with Crippen molar-refractivity contribution < 1.29 is 14.7 Å². The number of carboxylic acid groups (broad SMARTS) is 1. The van der Waals surface area contributed by atoms with Crippen LogP contribution in [0.2, 0.25) is 0 Å². The molecule has 1 heterocycles. The van der Waals surface area contributed by atoms with Crippen LogP contribution in [0.4, 0.5) is 4.79 Å². The molecule has 4 nitrogen and oxygen atoms in total. The fourth-order valence-electron chi connectivity index (χ4n) is 0.566. The molecule has 0 radical (unpaired) electrons. The Morgan fingerprint density at radius 1 is 1.55 bits per heavy atom. The van der Waals surface area contributed by atoms with Crippen molar-refractivity contribution in [3.63, 3.8) is 0 Å². The van der Waals surface area contributed by atoms with E-state index in [0.717, 1.165) is 0 Å². The van der Waals surface area contributed by atoms with Crippen molar-refractivity contribution in [2.75, 3.05) is 0 Å². The highest BCUT2D eigenvalue weighted by atomic mass is 32.1. The number of rotatable bonds is 1.